The van der Waals surface area contributed by atoms with E-state index in [2.05, 4.69) is 15.6 Å². The Morgan fingerprint density at radius 1 is 0.823 bits per heavy atom. The Kier molecular flexibility index (Phi) is 22.3. The number of benzene rings is 3. The molecule has 0 bridgehead atoms. The van der Waals surface area contributed by atoms with Crippen LogP contribution < -0.4 is 25.2 Å². The summed E-state index contributed by atoms with van der Waals surface area (Å²) in [5.41, 5.74) is 0.644. The molecule has 3 heterocycles. The number of alkyl halides is 3. The molecule has 1 aromatic heterocycles. The van der Waals surface area contributed by atoms with E-state index in [-0.39, 0.29) is 58.2 Å². The zero-order valence-electron chi connectivity index (χ0n) is 45.1. The fourth-order valence-electron chi connectivity index (χ4n) is 8.62. The van der Waals surface area contributed by atoms with Crippen LogP contribution >= 0.6 is 11.3 Å². The summed E-state index contributed by atoms with van der Waals surface area (Å²) < 4.78 is 79.8. The molecule has 4 aromatic rings. The van der Waals surface area contributed by atoms with Crippen molar-refractivity contribution in [3.8, 4) is 22.3 Å². The summed E-state index contributed by atoms with van der Waals surface area (Å²) in [6.07, 6.45) is -5.69. The molecule has 2 aliphatic rings. The summed E-state index contributed by atoms with van der Waals surface area (Å²) in [4.78, 5) is 75.7. The van der Waals surface area contributed by atoms with Gasteiger partial charge in [0.2, 0.25) is 17.7 Å². The molecule has 79 heavy (non-hydrogen) atoms. The van der Waals surface area contributed by atoms with Crippen molar-refractivity contribution in [2.75, 3.05) is 102 Å². The Hall–Kier alpha value is -6.56. The van der Waals surface area contributed by atoms with Gasteiger partial charge < -0.3 is 53.8 Å². The highest BCUT2D eigenvalue weighted by Gasteiger charge is 2.53. The summed E-state index contributed by atoms with van der Waals surface area (Å²) in [6.45, 7) is 13.6. The number of imide groups is 1. The number of halogens is 3. The maximum atomic E-state index is 13.9. The second-order valence-corrected chi connectivity index (χ2v) is 20.9. The fourth-order valence-corrected chi connectivity index (χ4v) is 9.43. The number of anilines is 2. The predicted octanol–water partition coefficient (Wildman–Crippen LogP) is 6.05. The van der Waals surface area contributed by atoms with Crippen LogP contribution in [0.4, 0.5) is 29.3 Å². The van der Waals surface area contributed by atoms with Gasteiger partial charge in [-0.2, -0.15) is 18.4 Å². The molecule has 1 unspecified atom stereocenters. The van der Waals surface area contributed by atoms with Crippen molar-refractivity contribution in [3.05, 3.63) is 94.6 Å². The van der Waals surface area contributed by atoms with Gasteiger partial charge in [0, 0.05) is 25.2 Å². The number of hydrogen-bond donors (Lipinski definition) is 3. The minimum Gasteiger partial charge on any atom is -0.491 e. The highest BCUT2D eigenvalue weighted by atomic mass is 32.1. The number of nitrogens with zero attached hydrogens (tertiary/aromatic N) is 5. The highest BCUT2D eigenvalue weighted by Crippen LogP contribution is 2.40. The maximum absolute atomic E-state index is 13.9. The normalized spacial score (nSPS) is 16.8. The minimum absolute atomic E-state index is 0.0382. The van der Waals surface area contributed by atoms with Crippen LogP contribution in [0.1, 0.15) is 63.4 Å². The SMILES string of the molecule is Cc1ncsc1-c1ccc(CNC(=O)[C@@H]2C[C@@H](O)CN2C(=O)C(NC(=O)COCCOCCOCCOCCOCCOCCOc2ccc(N3C(=O)N(c4ccc(C#N)c(C(F)(F)F)c4)C(=O)C3(C)C)cc2)C(C)(C)C)cc1. The van der Waals surface area contributed by atoms with Crippen LogP contribution in [0.15, 0.2) is 72.2 Å². The lowest BCUT2D eigenvalue weighted by Crippen LogP contribution is -2.58. The molecule has 2 saturated heterocycles. The molecule has 6 amide bonds. The molecule has 6 rings (SSSR count). The van der Waals surface area contributed by atoms with Gasteiger partial charge in [-0.15, -0.1) is 11.3 Å². The second kappa shape index (κ2) is 28.5. The number of nitriles is 1. The lowest BCUT2D eigenvalue weighted by atomic mass is 9.85. The van der Waals surface area contributed by atoms with E-state index in [1.54, 1.807) is 41.1 Å². The van der Waals surface area contributed by atoms with E-state index in [0.29, 0.717) is 75.3 Å². The third kappa shape index (κ3) is 17.0. The quantitative estimate of drug-likeness (QED) is 0.0414. The zero-order valence-corrected chi connectivity index (χ0v) is 45.9. The lowest BCUT2D eigenvalue weighted by molar-refractivity contribution is -0.144. The first-order valence-corrected chi connectivity index (χ1v) is 26.5. The second-order valence-electron chi connectivity index (χ2n) is 20.1. The number of β-amino-alcohol motifs (C(OH)–C–C–N with tert-alkyl or cyclic N) is 1. The van der Waals surface area contributed by atoms with E-state index in [9.17, 15) is 42.3 Å². The number of aromatic nitrogens is 1. The Labute approximate surface area is 461 Å². The minimum atomic E-state index is -4.87. The molecule has 3 aromatic carbocycles. The first kappa shape index (κ1) is 61.6. The first-order valence-electron chi connectivity index (χ1n) is 25.7. The van der Waals surface area contributed by atoms with Crippen LogP contribution in [-0.2, 0) is 60.3 Å². The number of likely N-dealkylation sites (tertiary alicyclic amines) is 1. The number of hydrogen-bond acceptors (Lipinski definition) is 16. The van der Waals surface area contributed by atoms with Gasteiger partial charge >= 0.3 is 12.2 Å². The van der Waals surface area contributed by atoms with Gasteiger partial charge in [0.25, 0.3) is 5.91 Å². The number of rotatable bonds is 29. The number of aliphatic hydroxyl groups is 1. The molecular weight excluding hydrogens is 1060 g/mol. The number of nitrogens with one attached hydrogen (secondary N) is 2. The Morgan fingerprint density at radius 3 is 1.91 bits per heavy atom. The molecule has 3 atom stereocenters. The molecule has 2 aliphatic heterocycles. The number of amides is 6. The Balaban J connectivity index is 0.754. The van der Waals surface area contributed by atoms with Crippen molar-refractivity contribution in [1.82, 2.24) is 20.5 Å². The summed E-state index contributed by atoms with van der Waals surface area (Å²) >= 11 is 1.56. The van der Waals surface area contributed by atoms with E-state index >= 15 is 0 Å². The number of aliphatic hydroxyl groups excluding tert-OH is 1. The Morgan fingerprint density at radius 2 is 1.38 bits per heavy atom. The predicted molar refractivity (Wildman–Crippen MR) is 284 cm³/mol. The number of carbonyl (C=O) groups is 5. The number of ether oxygens (including phenoxy) is 7. The molecule has 2 fully saturated rings. The molecule has 0 aliphatic carbocycles. The van der Waals surface area contributed by atoms with E-state index in [1.165, 1.54) is 29.7 Å². The molecule has 3 N–H and O–H groups in total. The van der Waals surface area contributed by atoms with Crippen molar-refractivity contribution in [3.63, 3.8) is 0 Å². The van der Waals surface area contributed by atoms with Gasteiger partial charge in [-0.3, -0.25) is 24.1 Å². The largest absolute Gasteiger partial charge is 0.491 e. The van der Waals surface area contributed by atoms with E-state index in [0.717, 1.165) is 33.8 Å². The molecular formula is C55H68F3N7O13S. The van der Waals surface area contributed by atoms with Crippen LogP contribution in [0.25, 0.3) is 10.4 Å². The topological polar surface area (TPSA) is 241 Å². The smallest absolute Gasteiger partial charge is 0.417 e. The third-order valence-electron chi connectivity index (χ3n) is 12.8. The molecule has 0 spiro atoms. The lowest BCUT2D eigenvalue weighted by Gasteiger charge is -2.35. The van der Waals surface area contributed by atoms with Crippen LogP contribution in [0.2, 0.25) is 0 Å². The van der Waals surface area contributed by atoms with E-state index < -0.39 is 76.1 Å². The maximum Gasteiger partial charge on any atom is 0.417 e. The van der Waals surface area contributed by atoms with Crippen molar-refractivity contribution >= 4 is 52.4 Å². The van der Waals surface area contributed by atoms with Gasteiger partial charge in [0.1, 0.15) is 36.6 Å². The molecule has 24 heteroatoms. The van der Waals surface area contributed by atoms with Gasteiger partial charge in [0.05, 0.1) is 118 Å². The number of urea groups is 1. The van der Waals surface area contributed by atoms with Crippen molar-refractivity contribution < 1.29 is 75.4 Å². The van der Waals surface area contributed by atoms with Crippen LogP contribution in [0.5, 0.6) is 5.75 Å². The van der Waals surface area contributed by atoms with E-state index in [1.807, 2.05) is 52.0 Å². The van der Waals surface area contributed by atoms with Crippen LogP contribution in [-0.4, -0.2) is 161 Å². The summed E-state index contributed by atoms with van der Waals surface area (Å²) in [5.74, 6) is -1.65. The summed E-state index contributed by atoms with van der Waals surface area (Å²) in [6, 6.07) is 15.5. The van der Waals surface area contributed by atoms with Gasteiger partial charge in [-0.25, -0.2) is 14.7 Å². The molecule has 0 saturated carbocycles. The third-order valence-corrected chi connectivity index (χ3v) is 13.7. The monoisotopic (exact) mass is 1120 g/mol. The van der Waals surface area contributed by atoms with Gasteiger partial charge in [-0.05, 0) is 79.8 Å². The van der Waals surface area contributed by atoms with E-state index in [4.69, 9.17) is 38.4 Å². The number of thiazole rings is 1. The number of aryl methyl sites for hydroxylation is 1. The van der Waals surface area contributed by atoms with Gasteiger partial charge in [-0.1, -0.05) is 45.0 Å². The zero-order chi connectivity index (χ0) is 57.3. The highest BCUT2D eigenvalue weighted by molar-refractivity contribution is 7.13. The van der Waals surface area contributed by atoms with Crippen molar-refractivity contribution in [2.45, 2.75) is 84.4 Å². The fraction of sp³-hybridized carbons (Fsp3) is 0.509. The van der Waals surface area contributed by atoms with Crippen molar-refractivity contribution in [2.24, 2.45) is 5.41 Å². The van der Waals surface area contributed by atoms with Crippen molar-refractivity contribution in [1.29, 1.82) is 5.26 Å². The summed E-state index contributed by atoms with van der Waals surface area (Å²) in [5, 5.41) is 25.4. The van der Waals surface area contributed by atoms with Crippen LogP contribution in [0.3, 0.4) is 0 Å². The number of carbonyl (C=O) groups excluding carboxylic acids is 5. The van der Waals surface area contributed by atoms with Gasteiger partial charge in [0.15, 0.2) is 0 Å². The summed E-state index contributed by atoms with van der Waals surface area (Å²) in [7, 11) is 0. The molecule has 428 valence electrons. The average Bonchev–Trinajstić information content (AvgIpc) is 4.29. The molecule has 20 nitrogen and oxygen atoms in total. The van der Waals surface area contributed by atoms with Crippen LogP contribution in [0, 0.1) is 23.7 Å². The average molecular weight is 1120 g/mol. The standard InChI is InChI=1S/C55H68F3N7O13S/c1-36-47(79-35-61-36)38-9-7-37(8-10-38)32-60-49(68)45-30-42(66)33-63(45)50(69)48(53(2,3)4)62-46(67)34-77-26-25-75-22-21-73-18-17-72-19-20-74-23-24-76-27-28-78-43-15-13-40(14-16-43)65-52(71)64(51(70)54(65,5)6)41-12-11-39(31-59)44(29-41)55(56,57)58/h7-16,29,35,42,45,48,66H,17-28,30,32-34H2,1-6H3,(H,60,68)(H,62,67)/t42-,45+,48?/m1/s1. The molecule has 0 radical (unpaired) electrons. The Bertz CT molecular complexity index is 2730. The first-order chi connectivity index (χ1) is 37.6.